The number of rotatable bonds is 8. The summed E-state index contributed by atoms with van der Waals surface area (Å²) < 4.78 is 14.7. The fourth-order valence-corrected chi connectivity index (χ4v) is 8.58. The molecule has 43 heavy (non-hydrogen) atoms. The number of aromatic nitrogens is 1. The summed E-state index contributed by atoms with van der Waals surface area (Å²) >= 11 is 2.18. The fourth-order valence-electron chi connectivity index (χ4n) is 5.80. The molecule has 0 bridgehead atoms. The molecule has 3 aromatic carbocycles. The van der Waals surface area contributed by atoms with Crippen LogP contribution in [0.2, 0.25) is 0 Å². The number of imide groups is 1. The quantitative estimate of drug-likeness (QED) is 0.269. The van der Waals surface area contributed by atoms with Crippen LogP contribution in [0.5, 0.6) is 0 Å². The van der Waals surface area contributed by atoms with E-state index < -0.39 is 28.8 Å². The van der Waals surface area contributed by atoms with Gasteiger partial charge in [0.2, 0.25) is 17.7 Å². The first-order valence-electron chi connectivity index (χ1n) is 14.0. The van der Waals surface area contributed by atoms with Gasteiger partial charge in [-0.1, -0.05) is 53.4 Å². The maximum Gasteiger partial charge on any atom is 0.308 e. The highest BCUT2D eigenvalue weighted by molar-refractivity contribution is 8.00. The number of hydrogen-bond acceptors (Lipinski definition) is 7. The molecule has 1 saturated heterocycles. The molecule has 0 aliphatic carbocycles. The Hall–Kier alpha value is -4.22. The van der Waals surface area contributed by atoms with Crippen LogP contribution in [-0.4, -0.2) is 40.6 Å². The van der Waals surface area contributed by atoms with Gasteiger partial charge in [-0.2, -0.15) is 0 Å². The van der Waals surface area contributed by atoms with Gasteiger partial charge in [0, 0.05) is 35.3 Å². The molecule has 1 fully saturated rings. The van der Waals surface area contributed by atoms with Crippen LogP contribution in [0.15, 0.2) is 88.7 Å². The van der Waals surface area contributed by atoms with E-state index in [1.807, 2.05) is 30.3 Å². The van der Waals surface area contributed by atoms with Gasteiger partial charge in [-0.25, -0.2) is 9.29 Å². The number of thiazole rings is 1. The molecule has 11 heteroatoms. The smallest absolute Gasteiger partial charge is 0.308 e. The van der Waals surface area contributed by atoms with E-state index in [1.165, 1.54) is 45.5 Å². The van der Waals surface area contributed by atoms with E-state index in [9.17, 15) is 23.6 Å². The van der Waals surface area contributed by atoms with Crippen LogP contribution in [0, 0.1) is 11.7 Å². The van der Waals surface area contributed by atoms with Gasteiger partial charge in [0.05, 0.1) is 16.6 Å². The summed E-state index contributed by atoms with van der Waals surface area (Å²) in [5.41, 5.74) is 2.77. The van der Waals surface area contributed by atoms with E-state index in [4.69, 9.17) is 0 Å². The minimum atomic E-state index is -0.770. The Morgan fingerprint density at radius 3 is 2.23 bits per heavy atom. The van der Waals surface area contributed by atoms with Crippen molar-refractivity contribution in [1.29, 1.82) is 0 Å². The van der Waals surface area contributed by atoms with Crippen LogP contribution in [0.1, 0.15) is 30.2 Å². The molecular formula is C32H29FN4O4S2. The minimum Gasteiger partial charge on any atom is -0.372 e. The highest BCUT2D eigenvalue weighted by atomic mass is 32.2. The fraction of sp³-hybridized carbons (Fsp3) is 0.250. The number of thioether (sulfide) groups is 1. The molecule has 2 aliphatic heterocycles. The molecule has 3 heterocycles. The molecule has 8 nitrogen and oxygen atoms in total. The monoisotopic (exact) mass is 616 g/mol. The molecule has 3 atom stereocenters. The normalized spacial score (nSPS) is 19.2. The zero-order chi connectivity index (χ0) is 30.2. The molecule has 6 rings (SSSR count). The molecule has 220 valence electrons. The van der Waals surface area contributed by atoms with E-state index >= 15 is 0 Å². The highest BCUT2D eigenvalue weighted by Gasteiger charge is 2.56. The van der Waals surface area contributed by atoms with Crippen molar-refractivity contribution in [3.63, 3.8) is 0 Å². The largest absolute Gasteiger partial charge is 0.372 e. The third-order valence-electron chi connectivity index (χ3n) is 7.87. The molecule has 0 radical (unpaired) electrons. The number of halogens is 1. The minimum absolute atomic E-state index is 0.287. The zero-order valence-electron chi connectivity index (χ0n) is 23.5. The van der Waals surface area contributed by atoms with Crippen molar-refractivity contribution in [2.45, 2.75) is 36.6 Å². The molecule has 2 unspecified atom stereocenters. The summed E-state index contributed by atoms with van der Waals surface area (Å²) in [4.78, 5) is 58.0. The standard InChI is InChI=1S/C32H29FN4O4S2/c1-3-35(4-2)22-16-10-19(11-17-22)25-26-27(30(40)37(29(26)39)23-8-6-5-7-9-23)42-31-28(25)43-32(41)36(31)18-24(38)34-21-14-12-20(33)13-15-21/h5-17,25-27H,3-4,18H2,1-2H3,(H,34,38)/t25-,26?,27?/m1/s1. The number of para-hydroxylation sites is 1. The lowest BCUT2D eigenvalue weighted by Gasteiger charge is -2.31. The molecule has 1 N–H and O–H groups in total. The van der Waals surface area contributed by atoms with E-state index in [-0.39, 0.29) is 23.2 Å². The molecule has 1 aromatic heterocycles. The van der Waals surface area contributed by atoms with Gasteiger partial charge in [0.15, 0.2) is 0 Å². The van der Waals surface area contributed by atoms with Crippen LogP contribution in [0.25, 0.3) is 0 Å². The van der Waals surface area contributed by atoms with Gasteiger partial charge < -0.3 is 10.2 Å². The van der Waals surface area contributed by atoms with Crippen LogP contribution in [0.3, 0.4) is 0 Å². The van der Waals surface area contributed by atoms with Crippen molar-refractivity contribution in [1.82, 2.24) is 4.57 Å². The second-order valence-electron chi connectivity index (χ2n) is 10.3. The molecule has 0 spiro atoms. The number of nitrogens with zero attached hydrogens (tertiary/aromatic N) is 3. The van der Waals surface area contributed by atoms with E-state index in [0.29, 0.717) is 21.3 Å². The maximum absolute atomic E-state index is 14.0. The van der Waals surface area contributed by atoms with Gasteiger partial charge in [-0.3, -0.25) is 23.7 Å². The maximum atomic E-state index is 14.0. The summed E-state index contributed by atoms with van der Waals surface area (Å²) in [5, 5.41) is 2.44. The molecule has 0 saturated carbocycles. The lowest BCUT2D eigenvalue weighted by molar-refractivity contribution is -0.122. The molecule has 3 amide bonds. The predicted octanol–water partition coefficient (Wildman–Crippen LogP) is 5.33. The van der Waals surface area contributed by atoms with E-state index in [2.05, 4.69) is 24.1 Å². The third-order valence-corrected chi connectivity index (χ3v) is 10.5. The topological polar surface area (TPSA) is 91.7 Å². The summed E-state index contributed by atoms with van der Waals surface area (Å²) in [7, 11) is 0. The van der Waals surface area contributed by atoms with Gasteiger partial charge in [-0.15, -0.1) is 0 Å². The number of carbonyl (C=O) groups is 3. The Balaban J connectivity index is 1.40. The lowest BCUT2D eigenvalue weighted by atomic mass is 9.83. The van der Waals surface area contributed by atoms with Crippen molar-refractivity contribution in [3.05, 3.63) is 105 Å². The second kappa shape index (κ2) is 11.8. The van der Waals surface area contributed by atoms with Crippen molar-refractivity contribution < 1.29 is 18.8 Å². The average molecular weight is 617 g/mol. The third kappa shape index (κ3) is 5.27. The first-order valence-corrected chi connectivity index (χ1v) is 15.7. The van der Waals surface area contributed by atoms with E-state index in [1.54, 1.807) is 24.3 Å². The first kappa shape index (κ1) is 28.9. The van der Waals surface area contributed by atoms with Gasteiger partial charge in [0.1, 0.15) is 17.6 Å². The second-order valence-corrected chi connectivity index (χ2v) is 12.5. The summed E-state index contributed by atoms with van der Waals surface area (Å²) in [5.74, 6) is -2.80. The SMILES string of the molecule is CCN(CC)c1ccc([C@H]2c3sc(=O)n(CC(=O)Nc4ccc(F)cc4)c3SC3C(=O)N(c4ccccc4)C(=O)C32)cc1. The predicted molar refractivity (Wildman–Crippen MR) is 168 cm³/mol. The number of hydrogen-bond donors (Lipinski definition) is 1. The molecule has 4 aromatic rings. The van der Waals surface area contributed by atoms with Crippen molar-refractivity contribution >= 4 is 57.9 Å². The van der Waals surface area contributed by atoms with Gasteiger partial charge >= 0.3 is 4.87 Å². The average Bonchev–Trinajstić information content (AvgIpc) is 3.46. The first-order chi connectivity index (χ1) is 20.8. The Morgan fingerprint density at radius 2 is 1.58 bits per heavy atom. The molecule has 2 aliphatic rings. The van der Waals surface area contributed by atoms with Crippen LogP contribution in [0.4, 0.5) is 21.5 Å². The summed E-state index contributed by atoms with van der Waals surface area (Å²) in [6.45, 7) is 5.56. The van der Waals surface area contributed by atoms with Crippen LogP contribution in [-0.2, 0) is 20.9 Å². The Kier molecular flexibility index (Phi) is 7.93. The Labute approximate surface area is 256 Å². The molecular weight excluding hydrogens is 588 g/mol. The lowest BCUT2D eigenvalue weighted by Crippen LogP contribution is -2.33. The number of benzene rings is 3. The Morgan fingerprint density at radius 1 is 0.907 bits per heavy atom. The summed E-state index contributed by atoms with van der Waals surface area (Å²) in [6.07, 6.45) is 0. The van der Waals surface area contributed by atoms with E-state index in [0.717, 1.165) is 35.7 Å². The van der Waals surface area contributed by atoms with Crippen molar-refractivity contribution in [3.8, 4) is 0 Å². The van der Waals surface area contributed by atoms with Gasteiger partial charge in [-0.05, 0) is 67.9 Å². The number of carbonyl (C=O) groups excluding carboxylic acids is 3. The van der Waals surface area contributed by atoms with Crippen LogP contribution >= 0.6 is 23.1 Å². The van der Waals surface area contributed by atoms with Crippen molar-refractivity contribution in [2.75, 3.05) is 28.2 Å². The number of anilines is 3. The number of amides is 3. The van der Waals surface area contributed by atoms with Crippen molar-refractivity contribution in [2.24, 2.45) is 5.92 Å². The number of fused-ring (bicyclic) bond motifs is 2. The van der Waals surface area contributed by atoms with Gasteiger partial charge in [0.25, 0.3) is 0 Å². The summed E-state index contributed by atoms with van der Waals surface area (Å²) in [6, 6.07) is 22.2. The highest BCUT2D eigenvalue weighted by Crippen LogP contribution is 2.54. The Bertz CT molecular complexity index is 1730. The number of nitrogens with one attached hydrogen (secondary N) is 1. The van der Waals surface area contributed by atoms with Crippen LogP contribution < -0.4 is 20.0 Å². The zero-order valence-corrected chi connectivity index (χ0v) is 25.2.